The summed E-state index contributed by atoms with van der Waals surface area (Å²) >= 11 is 7.40. The van der Waals surface area contributed by atoms with Gasteiger partial charge in [-0.15, -0.1) is 0 Å². The van der Waals surface area contributed by atoms with Gasteiger partial charge in [-0.2, -0.15) is 0 Å². The molecular formula is C12H8N2S2-2. The molecule has 0 aromatic heterocycles. The van der Waals surface area contributed by atoms with Crippen molar-refractivity contribution in [1.82, 2.24) is 0 Å². The molecule has 0 fully saturated rings. The van der Waals surface area contributed by atoms with Gasteiger partial charge in [-0.3, -0.25) is 0 Å². The largest absolute Gasteiger partial charge is 0.696 e. The highest BCUT2D eigenvalue weighted by atomic mass is 32.1. The Morgan fingerprint density at radius 1 is 0.688 bits per heavy atom. The highest BCUT2D eigenvalue weighted by molar-refractivity contribution is 7.64. The zero-order chi connectivity index (χ0) is 12.2. The SMILES string of the molecule is N#C[S-].N#C[S-].c1ccc2ccccc2c1. The van der Waals surface area contributed by atoms with E-state index in [0.717, 1.165) is 0 Å². The molecule has 0 N–H and O–H groups in total. The van der Waals surface area contributed by atoms with E-state index in [4.69, 9.17) is 10.5 Å². The van der Waals surface area contributed by atoms with E-state index in [1.54, 1.807) is 0 Å². The first-order valence-electron chi connectivity index (χ1n) is 4.26. The van der Waals surface area contributed by atoms with E-state index in [-0.39, 0.29) is 0 Å². The molecule has 0 spiro atoms. The van der Waals surface area contributed by atoms with Crippen LogP contribution in [0.25, 0.3) is 10.8 Å². The molecule has 0 amide bonds. The standard InChI is InChI=1S/C10H8.2CHNS/c1-2-6-10-8-4-3-7-9(10)5-1;2*2-1-3/h1-8H;2*3H/p-2. The number of hydrogen-bond donors (Lipinski definition) is 0. The Bertz CT molecular complexity index is 421. The maximum atomic E-state index is 7.13. The van der Waals surface area contributed by atoms with Gasteiger partial charge in [0.1, 0.15) is 0 Å². The van der Waals surface area contributed by atoms with E-state index in [9.17, 15) is 0 Å². The number of thiocyanates is 2. The quantitative estimate of drug-likeness (QED) is 0.528. The minimum Gasteiger partial charge on any atom is -0.696 e. The lowest BCUT2D eigenvalue weighted by molar-refractivity contribution is 1.57. The minimum atomic E-state index is 1.31. The van der Waals surface area contributed by atoms with Crippen LogP contribution in [0.3, 0.4) is 0 Å². The van der Waals surface area contributed by atoms with Gasteiger partial charge in [0.15, 0.2) is 0 Å². The van der Waals surface area contributed by atoms with Crippen LogP contribution in [0.1, 0.15) is 0 Å². The van der Waals surface area contributed by atoms with Crippen molar-refractivity contribution in [3.63, 3.8) is 0 Å². The van der Waals surface area contributed by atoms with Crippen LogP contribution in [0.2, 0.25) is 0 Å². The number of rotatable bonds is 0. The molecule has 0 aliphatic heterocycles. The van der Waals surface area contributed by atoms with Gasteiger partial charge in [-0.25, -0.2) is 10.5 Å². The first kappa shape index (κ1) is 14.1. The third-order valence-electron chi connectivity index (χ3n) is 1.66. The van der Waals surface area contributed by atoms with Crippen molar-refractivity contribution in [3.05, 3.63) is 48.5 Å². The fourth-order valence-electron chi connectivity index (χ4n) is 1.13. The highest BCUT2D eigenvalue weighted by Gasteiger charge is 1.85. The first-order chi connectivity index (χ1) is 7.79. The van der Waals surface area contributed by atoms with E-state index in [1.165, 1.54) is 21.6 Å². The summed E-state index contributed by atoms with van der Waals surface area (Å²) in [6.07, 6.45) is 0. The van der Waals surface area contributed by atoms with E-state index in [0.29, 0.717) is 0 Å². The Kier molecular flexibility index (Phi) is 8.53. The Balaban J connectivity index is 0.000000321. The Morgan fingerprint density at radius 2 is 0.875 bits per heavy atom. The summed E-state index contributed by atoms with van der Waals surface area (Å²) in [5.74, 6) is 0. The van der Waals surface area contributed by atoms with Crippen molar-refractivity contribution in [2.45, 2.75) is 0 Å². The lowest BCUT2D eigenvalue weighted by atomic mass is 10.1. The van der Waals surface area contributed by atoms with Crippen LogP contribution >= 0.6 is 0 Å². The average Bonchev–Trinajstić information content (AvgIpc) is 2.31. The van der Waals surface area contributed by atoms with Gasteiger partial charge in [0, 0.05) is 0 Å². The molecule has 4 heteroatoms. The van der Waals surface area contributed by atoms with E-state index in [1.807, 2.05) is 0 Å². The number of nitriles is 2. The zero-order valence-corrected chi connectivity index (χ0v) is 9.96. The van der Waals surface area contributed by atoms with Crippen LogP contribution in [0.5, 0.6) is 0 Å². The molecule has 2 nitrogen and oxygen atoms in total. The van der Waals surface area contributed by atoms with E-state index >= 15 is 0 Å². The lowest BCUT2D eigenvalue weighted by Crippen LogP contribution is -1.67. The van der Waals surface area contributed by atoms with Crippen LogP contribution in [0.15, 0.2) is 48.5 Å². The Morgan fingerprint density at radius 3 is 1.06 bits per heavy atom. The van der Waals surface area contributed by atoms with Gasteiger partial charge in [-0.05, 0) is 10.8 Å². The van der Waals surface area contributed by atoms with E-state index in [2.05, 4.69) is 73.8 Å². The van der Waals surface area contributed by atoms with Crippen molar-refractivity contribution in [2.75, 3.05) is 0 Å². The summed E-state index contributed by atoms with van der Waals surface area (Å²) in [4.78, 5) is 0. The van der Waals surface area contributed by atoms with Crippen molar-refractivity contribution >= 4 is 36.0 Å². The third kappa shape index (κ3) is 5.77. The second-order valence-electron chi connectivity index (χ2n) is 2.53. The molecule has 0 aliphatic rings. The Hall–Kier alpha value is -1.88. The number of fused-ring (bicyclic) bond motifs is 1. The fraction of sp³-hybridized carbons (Fsp3) is 0. The summed E-state index contributed by atoms with van der Waals surface area (Å²) in [6.45, 7) is 0. The molecule has 16 heavy (non-hydrogen) atoms. The summed E-state index contributed by atoms with van der Waals surface area (Å²) in [6, 6.07) is 16.7. The van der Waals surface area contributed by atoms with Gasteiger partial charge in [0.05, 0.1) is 0 Å². The minimum absolute atomic E-state index is 1.31. The summed E-state index contributed by atoms with van der Waals surface area (Å²) in [5, 5.41) is 19.6. The van der Waals surface area contributed by atoms with Crippen LogP contribution in [0, 0.1) is 21.3 Å². The smallest absolute Gasteiger partial charge is 0.0184 e. The topological polar surface area (TPSA) is 47.6 Å². The van der Waals surface area contributed by atoms with Gasteiger partial charge in [0.25, 0.3) is 0 Å². The maximum absolute atomic E-state index is 7.13. The monoisotopic (exact) mass is 244 g/mol. The molecular weight excluding hydrogens is 236 g/mol. The Labute approximate surface area is 106 Å². The lowest BCUT2D eigenvalue weighted by Gasteiger charge is -1.92. The molecule has 2 rings (SSSR count). The summed E-state index contributed by atoms with van der Waals surface area (Å²) in [5.41, 5.74) is 0. The second kappa shape index (κ2) is 9.67. The number of nitrogens with zero attached hydrogens (tertiary/aromatic N) is 2. The summed E-state index contributed by atoms with van der Waals surface area (Å²) < 4.78 is 0. The molecule has 80 valence electrons. The van der Waals surface area contributed by atoms with Gasteiger partial charge < -0.3 is 25.3 Å². The molecule has 0 radical (unpaired) electrons. The molecule has 2 aromatic carbocycles. The molecule has 0 bridgehead atoms. The van der Waals surface area contributed by atoms with Gasteiger partial charge >= 0.3 is 0 Å². The highest BCUT2D eigenvalue weighted by Crippen LogP contribution is 2.11. The first-order valence-corrected chi connectivity index (χ1v) is 5.08. The van der Waals surface area contributed by atoms with Crippen molar-refractivity contribution in [3.8, 4) is 10.8 Å². The van der Waals surface area contributed by atoms with Crippen molar-refractivity contribution in [1.29, 1.82) is 10.5 Å². The van der Waals surface area contributed by atoms with Crippen LogP contribution < -0.4 is 0 Å². The molecule has 0 unspecified atom stereocenters. The van der Waals surface area contributed by atoms with Crippen LogP contribution in [0.4, 0.5) is 0 Å². The molecule has 0 atom stereocenters. The summed E-state index contributed by atoms with van der Waals surface area (Å²) in [7, 11) is 0. The normalized spacial score (nSPS) is 7.12. The second-order valence-corrected chi connectivity index (χ2v) is 2.89. The van der Waals surface area contributed by atoms with Crippen LogP contribution in [-0.4, -0.2) is 0 Å². The van der Waals surface area contributed by atoms with Crippen molar-refractivity contribution in [2.24, 2.45) is 0 Å². The predicted molar refractivity (Wildman–Crippen MR) is 69.9 cm³/mol. The number of benzene rings is 2. The number of hydrogen-bond acceptors (Lipinski definition) is 4. The molecule has 0 saturated carbocycles. The van der Waals surface area contributed by atoms with Crippen molar-refractivity contribution < 1.29 is 0 Å². The third-order valence-corrected chi connectivity index (χ3v) is 1.66. The predicted octanol–water partition coefficient (Wildman–Crippen LogP) is 2.87. The maximum Gasteiger partial charge on any atom is -0.0184 e. The van der Waals surface area contributed by atoms with E-state index < -0.39 is 0 Å². The van der Waals surface area contributed by atoms with Crippen LogP contribution in [-0.2, 0) is 25.3 Å². The molecule has 0 heterocycles. The zero-order valence-electron chi connectivity index (χ0n) is 8.33. The molecule has 0 aliphatic carbocycles. The molecule has 2 aromatic rings. The van der Waals surface area contributed by atoms with Gasteiger partial charge in [-0.1, -0.05) is 59.3 Å². The fourth-order valence-corrected chi connectivity index (χ4v) is 1.13. The molecule has 0 saturated heterocycles. The van der Waals surface area contributed by atoms with Gasteiger partial charge in [0.2, 0.25) is 0 Å². The average molecular weight is 244 g/mol.